The fraction of sp³-hybridized carbons (Fsp3) is 0.312. The number of alkyl halides is 3. The van der Waals surface area contributed by atoms with E-state index < -0.39 is 11.9 Å². The van der Waals surface area contributed by atoms with Crippen LogP contribution in [-0.4, -0.2) is 18.6 Å². The molecular formula is C16H17F3N2O. The van der Waals surface area contributed by atoms with Crippen molar-refractivity contribution in [2.24, 2.45) is 5.73 Å². The van der Waals surface area contributed by atoms with Gasteiger partial charge in [-0.25, -0.2) is 0 Å². The minimum atomic E-state index is -4.43. The SMILES string of the molecule is COc1ccc(C(CCN)c2ccc(C(F)(F)F)nc2)cc1. The summed E-state index contributed by atoms with van der Waals surface area (Å²) in [6.07, 6.45) is -2.53. The van der Waals surface area contributed by atoms with Crippen LogP contribution in [0.1, 0.15) is 29.2 Å². The van der Waals surface area contributed by atoms with E-state index in [1.165, 1.54) is 12.3 Å². The normalized spacial score (nSPS) is 13.0. The highest BCUT2D eigenvalue weighted by atomic mass is 19.4. The van der Waals surface area contributed by atoms with Crippen molar-refractivity contribution < 1.29 is 17.9 Å². The zero-order valence-corrected chi connectivity index (χ0v) is 12.1. The van der Waals surface area contributed by atoms with Gasteiger partial charge >= 0.3 is 6.18 Å². The monoisotopic (exact) mass is 310 g/mol. The summed E-state index contributed by atoms with van der Waals surface area (Å²) in [5, 5.41) is 0. The van der Waals surface area contributed by atoms with Gasteiger partial charge in [-0.1, -0.05) is 18.2 Å². The summed E-state index contributed by atoms with van der Waals surface area (Å²) in [6, 6.07) is 9.86. The molecule has 118 valence electrons. The molecule has 2 rings (SSSR count). The third-order valence-electron chi connectivity index (χ3n) is 3.45. The standard InChI is InChI=1S/C16H17F3N2O/c1-22-13-5-2-11(3-6-13)14(8-9-20)12-4-7-15(21-10-12)16(17,18)19/h2-7,10,14H,8-9,20H2,1H3. The molecule has 2 N–H and O–H groups in total. The van der Waals surface area contributed by atoms with Gasteiger partial charge in [0.15, 0.2) is 0 Å². The molecule has 1 aromatic heterocycles. The van der Waals surface area contributed by atoms with Gasteiger partial charge in [-0.05, 0) is 42.3 Å². The number of nitrogens with zero attached hydrogens (tertiary/aromatic N) is 1. The van der Waals surface area contributed by atoms with E-state index in [-0.39, 0.29) is 5.92 Å². The van der Waals surface area contributed by atoms with Crippen LogP contribution in [-0.2, 0) is 6.18 Å². The number of pyridine rings is 1. The number of ether oxygens (including phenoxy) is 1. The predicted molar refractivity (Wildman–Crippen MR) is 77.7 cm³/mol. The van der Waals surface area contributed by atoms with Crippen molar-refractivity contribution in [1.29, 1.82) is 0 Å². The summed E-state index contributed by atoms with van der Waals surface area (Å²) in [6.45, 7) is 0.428. The van der Waals surface area contributed by atoms with Gasteiger partial charge in [-0.3, -0.25) is 4.98 Å². The van der Waals surface area contributed by atoms with E-state index in [4.69, 9.17) is 10.5 Å². The Labute approximate surface area is 126 Å². The molecular weight excluding hydrogens is 293 g/mol. The van der Waals surface area contributed by atoms with Crippen LogP contribution in [0.2, 0.25) is 0 Å². The number of hydrogen-bond donors (Lipinski definition) is 1. The smallest absolute Gasteiger partial charge is 0.433 e. The average molecular weight is 310 g/mol. The summed E-state index contributed by atoms with van der Waals surface area (Å²) >= 11 is 0. The summed E-state index contributed by atoms with van der Waals surface area (Å²) < 4.78 is 42.8. The highest BCUT2D eigenvalue weighted by molar-refractivity contribution is 5.35. The molecule has 2 aromatic rings. The minimum Gasteiger partial charge on any atom is -0.497 e. The summed E-state index contributed by atoms with van der Waals surface area (Å²) in [4.78, 5) is 3.52. The van der Waals surface area contributed by atoms with Gasteiger partial charge in [0.2, 0.25) is 0 Å². The molecule has 1 heterocycles. The highest BCUT2D eigenvalue weighted by Gasteiger charge is 2.32. The maximum atomic E-state index is 12.6. The summed E-state index contributed by atoms with van der Waals surface area (Å²) in [5.74, 6) is 0.631. The molecule has 1 aromatic carbocycles. The van der Waals surface area contributed by atoms with Gasteiger partial charge in [0.1, 0.15) is 11.4 Å². The first kappa shape index (κ1) is 16.3. The third kappa shape index (κ3) is 3.76. The van der Waals surface area contributed by atoms with Crippen molar-refractivity contribution in [3.05, 3.63) is 59.4 Å². The zero-order chi connectivity index (χ0) is 16.2. The molecule has 6 heteroatoms. The Hall–Kier alpha value is -2.08. The van der Waals surface area contributed by atoms with E-state index in [0.717, 1.165) is 17.4 Å². The van der Waals surface area contributed by atoms with E-state index in [9.17, 15) is 13.2 Å². The van der Waals surface area contributed by atoms with Gasteiger partial charge in [0, 0.05) is 12.1 Å². The van der Waals surface area contributed by atoms with Crippen LogP contribution in [0.25, 0.3) is 0 Å². The van der Waals surface area contributed by atoms with Crippen molar-refractivity contribution >= 4 is 0 Å². The molecule has 0 amide bonds. The van der Waals surface area contributed by atoms with E-state index >= 15 is 0 Å². The largest absolute Gasteiger partial charge is 0.497 e. The van der Waals surface area contributed by atoms with Gasteiger partial charge in [0.25, 0.3) is 0 Å². The second-order valence-corrected chi connectivity index (χ2v) is 4.88. The first-order valence-corrected chi connectivity index (χ1v) is 6.83. The summed E-state index contributed by atoms with van der Waals surface area (Å²) in [7, 11) is 1.58. The number of benzene rings is 1. The molecule has 0 bridgehead atoms. The second-order valence-electron chi connectivity index (χ2n) is 4.88. The molecule has 1 atom stereocenters. The third-order valence-corrected chi connectivity index (χ3v) is 3.45. The predicted octanol–water partition coefficient (Wildman–Crippen LogP) is 3.59. The molecule has 0 aliphatic carbocycles. The Kier molecular flexibility index (Phi) is 5.03. The Balaban J connectivity index is 2.30. The fourth-order valence-corrected chi connectivity index (χ4v) is 2.31. The number of hydrogen-bond acceptors (Lipinski definition) is 3. The first-order chi connectivity index (χ1) is 10.5. The maximum Gasteiger partial charge on any atom is 0.433 e. The van der Waals surface area contributed by atoms with E-state index in [2.05, 4.69) is 4.98 Å². The molecule has 0 saturated heterocycles. The minimum absolute atomic E-state index is 0.0920. The Morgan fingerprint density at radius 3 is 2.18 bits per heavy atom. The van der Waals surface area contributed by atoms with Crippen molar-refractivity contribution in [3.8, 4) is 5.75 Å². The zero-order valence-electron chi connectivity index (χ0n) is 12.1. The van der Waals surface area contributed by atoms with Crippen LogP contribution >= 0.6 is 0 Å². The van der Waals surface area contributed by atoms with Gasteiger partial charge < -0.3 is 10.5 Å². The van der Waals surface area contributed by atoms with Crippen LogP contribution in [0.3, 0.4) is 0 Å². The lowest BCUT2D eigenvalue weighted by molar-refractivity contribution is -0.141. The molecule has 0 aliphatic rings. The highest BCUT2D eigenvalue weighted by Crippen LogP contribution is 2.31. The molecule has 0 saturated carbocycles. The van der Waals surface area contributed by atoms with Crippen molar-refractivity contribution in [3.63, 3.8) is 0 Å². The van der Waals surface area contributed by atoms with Crippen molar-refractivity contribution in [2.75, 3.05) is 13.7 Å². The van der Waals surface area contributed by atoms with Gasteiger partial charge in [-0.15, -0.1) is 0 Å². The number of halogens is 3. The topological polar surface area (TPSA) is 48.1 Å². The van der Waals surface area contributed by atoms with Crippen LogP contribution in [0, 0.1) is 0 Å². The molecule has 0 fully saturated rings. The molecule has 0 aliphatic heterocycles. The average Bonchev–Trinajstić information content (AvgIpc) is 2.52. The Morgan fingerprint density at radius 1 is 1.09 bits per heavy atom. The number of rotatable bonds is 5. The van der Waals surface area contributed by atoms with Crippen molar-refractivity contribution in [2.45, 2.75) is 18.5 Å². The molecule has 1 unspecified atom stereocenters. The van der Waals surface area contributed by atoms with E-state index in [1.54, 1.807) is 7.11 Å². The maximum absolute atomic E-state index is 12.6. The summed E-state index contributed by atoms with van der Waals surface area (Å²) in [5.41, 5.74) is 6.42. The molecule has 0 radical (unpaired) electrons. The lowest BCUT2D eigenvalue weighted by Crippen LogP contribution is -2.11. The number of aromatic nitrogens is 1. The molecule has 22 heavy (non-hydrogen) atoms. The van der Waals surface area contributed by atoms with Crippen LogP contribution in [0.5, 0.6) is 5.75 Å². The lowest BCUT2D eigenvalue weighted by atomic mass is 9.89. The van der Waals surface area contributed by atoms with Gasteiger partial charge in [0.05, 0.1) is 7.11 Å². The molecule has 3 nitrogen and oxygen atoms in total. The van der Waals surface area contributed by atoms with E-state index in [1.807, 2.05) is 24.3 Å². The number of nitrogens with two attached hydrogens (primary N) is 1. The molecule has 0 spiro atoms. The first-order valence-electron chi connectivity index (χ1n) is 6.83. The lowest BCUT2D eigenvalue weighted by Gasteiger charge is -2.18. The van der Waals surface area contributed by atoms with Crippen LogP contribution in [0.15, 0.2) is 42.6 Å². The number of methoxy groups -OCH3 is 1. The van der Waals surface area contributed by atoms with Gasteiger partial charge in [-0.2, -0.15) is 13.2 Å². The van der Waals surface area contributed by atoms with E-state index in [0.29, 0.717) is 18.5 Å². The second kappa shape index (κ2) is 6.79. The van der Waals surface area contributed by atoms with Crippen LogP contribution < -0.4 is 10.5 Å². The Bertz CT molecular complexity index is 594. The van der Waals surface area contributed by atoms with Crippen LogP contribution in [0.4, 0.5) is 13.2 Å². The van der Waals surface area contributed by atoms with Crippen molar-refractivity contribution in [1.82, 2.24) is 4.98 Å². The Morgan fingerprint density at radius 2 is 1.73 bits per heavy atom. The quantitative estimate of drug-likeness (QED) is 0.918. The fourth-order valence-electron chi connectivity index (χ4n) is 2.31.